The van der Waals surface area contributed by atoms with Gasteiger partial charge in [0, 0.05) is 34.8 Å². The van der Waals surface area contributed by atoms with E-state index in [1.807, 2.05) is 66.2 Å². The number of thiophene rings is 1. The van der Waals surface area contributed by atoms with Crippen molar-refractivity contribution in [2.75, 3.05) is 24.4 Å². The summed E-state index contributed by atoms with van der Waals surface area (Å²) < 4.78 is 11.2. The average Bonchev–Trinajstić information content (AvgIpc) is 3.57. The van der Waals surface area contributed by atoms with Crippen molar-refractivity contribution in [2.24, 2.45) is 0 Å². The SMILES string of the molecule is COC[C@H](C)Oc1cc(CCc2cccc(NC(=O)Cc3cccs3)c2)cc(C(=O)Nc2nccs2)c1. The monoisotopic (exact) mass is 535 g/mol. The molecule has 192 valence electrons. The summed E-state index contributed by atoms with van der Waals surface area (Å²) in [6, 6.07) is 17.3. The Labute approximate surface area is 224 Å². The van der Waals surface area contributed by atoms with Crippen LogP contribution in [0.15, 0.2) is 71.6 Å². The summed E-state index contributed by atoms with van der Waals surface area (Å²) >= 11 is 2.94. The molecular weight excluding hydrogens is 506 g/mol. The van der Waals surface area contributed by atoms with Crippen LogP contribution in [0.3, 0.4) is 0 Å². The number of nitrogens with one attached hydrogen (secondary N) is 2. The van der Waals surface area contributed by atoms with Crippen LogP contribution in [0.25, 0.3) is 0 Å². The van der Waals surface area contributed by atoms with E-state index in [2.05, 4.69) is 15.6 Å². The Bertz CT molecular complexity index is 1310. The highest BCUT2D eigenvalue weighted by atomic mass is 32.1. The van der Waals surface area contributed by atoms with Crippen LogP contribution in [0.1, 0.15) is 33.3 Å². The van der Waals surface area contributed by atoms with Gasteiger partial charge in [-0.05, 0) is 72.7 Å². The van der Waals surface area contributed by atoms with Gasteiger partial charge in [-0.2, -0.15) is 0 Å². The average molecular weight is 536 g/mol. The van der Waals surface area contributed by atoms with Gasteiger partial charge in [0.1, 0.15) is 11.9 Å². The zero-order chi connectivity index (χ0) is 26.0. The molecule has 1 atom stereocenters. The van der Waals surface area contributed by atoms with Crippen molar-refractivity contribution in [3.8, 4) is 5.75 Å². The van der Waals surface area contributed by atoms with Crippen molar-refractivity contribution in [3.63, 3.8) is 0 Å². The molecule has 2 aromatic carbocycles. The lowest BCUT2D eigenvalue weighted by atomic mass is 10.0. The molecule has 0 unspecified atom stereocenters. The molecular formula is C28H29N3O4S2. The Morgan fingerprint density at radius 3 is 2.59 bits per heavy atom. The number of hydrogen-bond donors (Lipinski definition) is 2. The number of carbonyl (C=O) groups is 2. The molecule has 7 nitrogen and oxygen atoms in total. The molecule has 4 aromatic rings. The lowest BCUT2D eigenvalue weighted by Crippen LogP contribution is -2.19. The zero-order valence-electron chi connectivity index (χ0n) is 20.7. The molecule has 0 bridgehead atoms. The number of carbonyl (C=O) groups excluding carboxylic acids is 2. The fourth-order valence-electron chi connectivity index (χ4n) is 3.83. The number of anilines is 2. The third kappa shape index (κ3) is 8.24. The van der Waals surface area contributed by atoms with Crippen molar-refractivity contribution in [2.45, 2.75) is 32.3 Å². The van der Waals surface area contributed by atoms with Gasteiger partial charge in [-0.3, -0.25) is 14.9 Å². The van der Waals surface area contributed by atoms with Gasteiger partial charge in [-0.1, -0.05) is 18.2 Å². The molecule has 2 amide bonds. The highest BCUT2D eigenvalue weighted by molar-refractivity contribution is 7.13. The molecule has 0 aliphatic rings. The van der Waals surface area contributed by atoms with E-state index >= 15 is 0 Å². The van der Waals surface area contributed by atoms with E-state index in [1.54, 1.807) is 30.7 Å². The van der Waals surface area contributed by atoms with Gasteiger partial charge in [-0.15, -0.1) is 22.7 Å². The second-order valence-corrected chi connectivity index (χ2v) is 10.5. The van der Waals surface area contributed by atoms with E-state index in [0.717, 1.165) is 28.1 Å². The molecule has 0 aliphatic heterocycles. The van der Waals surface area contributed by atoms with Crippen LogP contribution in [0.4, 0.5) is 10.8 Å². The number of aryl methyl sites for hydroxylation is 2. The zero-order valence-corrected chi connectivity index (χ0v) is 22.4. The van der Waals surface area contributed by atoms with Crippen LogP contribution in [-0.4, -0.2) is 36.6 Å². The highest BCUT2D eigenvalue weighted by Crippen LogP contribution is 2.23. The Morgan fingerprint density at radius 2 is 1.84 bits per heavy atom. The van der Waals surface area contributed by atoms with Gasteiger partial charge in [0.15, 0.2) is 5.13 Å². The molecule has 0 fully saturated rings. The Hall–Kier alpha value is -3.53. The first-order chi connectivity index (χ1) is 18.0. The highest BCUT2D eigenvalue weighted by Gasteiger charge is 2.13. The number of rotatable bonds is 12. The van der Waals surface area contributed by atoms with Crippen molar-refractivity contribution < 1.29 is 19.1 Å². The number of methoxy groups -OCH3 is 1. The van der Waals surface area contributed by atoms with Crippen molar-refractivity contribution >= 4 is 45.3 Å². The van der Waals surface area contributed by atoms with Crippen LogP contribution in [-0.2, 0) is 28.8 Å². The lowest BCUT2D eigenvalue weighted by molar-refractivity contribution is -0.115. The third-order valence-electron chi connectivity index (χ3n) is 5.45. The molecule has 0 spiro atoms. The summed E-state index contributed by atoms with van der Waals surface area (Å²) in [5.41, 5.74) is 3.33. The van der Waals surface area contributed by atoms with Crippen LogP contribution in [0.2, 0.25) is 0 Å². The molecule has 0 saturated heterocycles. The largest absolute Gasteiger partial charge is 0.488 e. The number of nitrogens with zero attached hydrogens (tertiary/aromatic N) is 1. The van der Waals surface area contributed by atoms with Gasteiger partial charge >= 0.3 is 0 Å². The minimum atomic E-state index is -0.239. The maximum atomic E-state index is 12.9. The summed E-state index contributed by atoms with van der Waals surface area (Å²) in [4.78, 5) is 30.5. The summed E-state index contributed by atoms with van der Waals surface area (Å²) in [6.07, 6.45) is 3.28. The number of amides is 2. The van der Waals surface area contributed by atoms with E-state index in [4.69, 9.17) is 9.47 Å². The van der Waals surface area contributed by atoms with E-state index in [1.165, 1.54) is 11.3 Å². The minimum Gasteiger partial charge on any atom is -0.488 e. The second kappa shape index (κ2) is 13.1. The number of aromatic nitrogens is 1. The van der Waals surface area contributed by atoms with Crippen LogP contribution in [0, 0.1) is 0 Å². The predicted molar refractivity (Wildman–Crippen MR) is 149 cm³/mol. The normalized spacial score (nSPS) is 11.6. The first kappa shape index (κ1) is 26.5. The lowest BCUT2D eigenvalue weighted by Gasteiger charge is -2.16. The molecule has 2 N–H and O–H groups in total. The first-order valence-electron chi connectivity index (χ1n) is 11.9. The molecule has 2 heterocycles. The second-order valence-electron chi connectivity index (χ2n) is 8.55. The number of benzene rings is 2. The minimum absolute atomic E-state index is 0.0366. The maximum absolute atomic E-state index is 12.9. The molecule has 0 aliphatic carbocycles. The Kier molecular flexibility index (Phi) is 9.42. The summed E-state index contributed by atoms with van der Waals surface area (Å²) in [6.45, 7) is 2.36. The predicted octanol–water partition coefficient (Wildman–Crippen LogP) is 5.84. The topological polar surface area (TPSA) is 89.5 Å². The van der Waals surface area contributed by atoms with E-state index in [9.17, 15) is 9.59 Å². The van der Waals surface area contributed by atoms with Crippen LogP contribution in [0.5, 0.6) is 5.75 Å². The fourth-order valence-corrected chi connectivity index (χ4v) is 5.06. The van der Waals surface area contributed by atoms with Gasteiger partial charge < -0.3 is 14.8 Å². The van der Waals surface area contributed by atoms with E-state index in [0.29, 0.717) is 35.9 Å². The number of thiazole rings is 1. The van der Waals surface area contributed by atoms with Gasteiger partial charge in [-0.25, -0.2) is 4.98 Å². The molecule has 2 aromatic heterocycles. The fraction of sp³-hybridized carbons (Fsp3) is 0.250. The quantitative estimate of drug-likeness (QED) is 0.238. The summed E-state index contributed by atoms with van der Waals surface area (Å²) in [5.74, 6) is 0.336. The molecule has 0 radical (unpaired) electrons. The number of ether oxygens (including phenoxy) is 2. The molecule has 0 saturated carbocycles. The molecule has 9 heteroatoms. The smallest absolute Gasteiger partial charge is 0.257 e. The standard InChI is InChI=1S/C28H29N3O4S2/c1-19(18-34-2)35-24-15-21(13-22(16-24)27(33)31-28-29-10-12-37-28)9-8-20-5-3-6-23(14-20)30-26(32)17-25-7-4-11-36-25/h3-7,10-16,19H,8-9,17-18H2,1-2H3,(H,30,32)(H,29,31,33)/t19-/m0/s1. The van der Waals surface area contributed by atoms with Crippen molar-refractivity contribution in [1.29, 1.82) is 0 Å². The molecule has 4 rings (SSSR count). The summed E-state index contributed by atoms with van der Waals surface area (Å²) in [5, 5.41) is 10.1. The van der Waals surface area contributed by atoms with Gasteiger partial charge in [0.05, 0.1) is 13.0 Å². The van der Waals surface area contributed by atoms with E-state index < -0.39 is 0 Å². The van der Waals surface area contributed by atoms with Crippen LogP contribution >= 0.6 is 22.7 Å². The van der Waals surface area contributed by atoms with Crippen LogP contribution < -0.4 is 15.4 Å². The van der Waals surface area contributed by atoms with Crippen molar-refractivity contribution in [3.05, 3.63) is 93.1 Å². The summed E-state index contributed by atoms with van der Waals surface area (Å²) in [7, 11) is 1.63. The maximum Gasteiger partial charge on any atom is 0.257 e. The Morgan fingerprint density at radius 1 is 0.973 bits per heavy atom. The first-order valence-corrected chi connectivity index (χ1v) is 13.7. The third-order valence-corrected chi connectivity index (χ3v) is 7.01. The van der Waals surface area contributed by atoms with E-state index in [-0.39, 0.29) is 17.9 Å². The molecule has 37 heavy (non-hydrogen) atoms. The number of hydrogen-bond acceptors (Lipinski definition) is 7. The van der Waals surface area contributed by atoms with Gasteiger partial charge in [0.25, 0.3) is 5.91 Å². The van der Waals surface area contributed by atoms with Crippen molar-refractivity contribution in [1.82, 2.24) is 4.98 Å². The van der Waals surface area contributed by atoms with Gasteiger partial charge in [0.2, 0.25) is 5.91 Å². The Balaban J connectivity index is 1.45.